The lowest BCUT2D eigenvalue weighted by atomic mass is 10.2. The zero-order chi connectivity index (χ0) is 16.9. The Labute approximate surface area is 146 Å². The van der Waals surface area contributed by atoms with Crippen molar-refractivity contribution >= 4 is 21.8 Å². The Morgan fingerprint density at radius 2 is 1.79 bits per heavy atom. The van der Waals surface area contributed by atoms with Gasteiger partial charge in [-0.15, -0.1) is 0 Å². The zero-order valence-electron chi connectivity index (χ0n) is 12.5. The van der Waals surface area contributed by atoms with Crippen LogP contribution in [0.25, 0.3) is 11.4 Å². The van der Waals surface area contributed by atoms with Crippen molar-refractivity contribution in [1.29, 1.82) is 0 Å². The topological polar surface area (TPSA) is 54.9 Å². The van der Waals surface area contributed by atoms with Gasteiger partial charge >= 0.3 is 0 Å². The van der Waals surface area contributed by atoms with Gasteiger partial charge in [0.2, 0.25) is 0 Å². The lowest BCUT2D eigenvalue weighted by molar-refractivity contribution is 0.0950. The molecule has 0 aliphatic carbocycles. The van der Waals surface area contributed by atoms with E-state index in [2.05, 4.69) is 31.2 Å². The molecule has 0 radical (unpaired) electrons. The van der Waals surface area contributed by atoms with E-state index in [0.717, 1.165) is 5.56 Å². The second kappa shape index (κ2) is 7.31. The van der Waals surface area contributed by atoms with Gasteiger partial charge in [-0.25, -0.2) is 14.4 Å². The number of nitrogens with zero attached hydrogens (tertiary/aromatic N) is 2. The molecule has 0 aliphatic heterocycles. The first-order valence-corrected chi connectivity index (χ1v) is 8.02. The molecule has 0 atom stereocenters. The highest BCUT2D eigenvalue weighted by Crippen LogP contribution is 2.15. The van der Waals surface area contributed by atoms with E-state index in [1.807, 2.05) is 30.3 Å². The third kappa shape index (κ3) is 4.02. The predicted molar refractivity (Wildman–Crippen MR) is 92.7 cm³/mol. The summed E-state index contributed by atoms with van der Waals surface area (Å²) in [5.74, 6) is -0.111. The van der Waals surface area contributed by atoms with Gasteiger partial charge in [0.05, 0.1) is 5.56 Å². The maximum atomic E-state index is 13.3. The van der Waals surface area contributed by atoms with Gasteiger partial charge in [-0.2, -0.15) is 0 Å². The van der Waals surface area contributed by atoms with Crippen molar-refractivity contribution in [3.8, 4) is 11.4 Å². The van der Waals surface area contributed by atoms with Crippen LogP contribution >= 0.6 is 15.9 Å². The Kier molecular flexibility index (Phi) is 4.96. The Balaban J connectivity index is 1.67. The molecule has 1 heterocycles. The smallest absolute Gasteiger partial charge is 0.254 e. The van der Waals surface area contributed by atoms with Crippen molar-refractivity contribution in [1.82, 2.24) is 15.3 Å². The summed E-state index contributed by atoms with van der Waals surface area (Å²) in [6.07, 6.45) is 2.96. The van der Waals surface area contributed by atoms with E-state index in [1.165, 1.54) is 24.5 Å². The fourth-order valence-electron chi connectivity index (χ4n) is 2.18. The summed E-state index contributed by atoms with van der Waals surface area (Å²) in [5.41, 5.74) is 1.90. The van der Waals surface area contributed by atoms with E-state index in [-0.39, 0.29) is 18.3 Å². The minimum atomic E-state index is -0.357. The van der Waals surface area contributed by atoms with E-state index < -0.39 is 0 Å². The lowest BCUT2D eigenvalue weighted by Gasteiger charge is -2.06. The van der Waals surface area contributed by atoms with Gasteiger partial charge in [0, 0.05) is 29.0 Å². The lowest BCUT2D eigenvalue weighted by Crippen LogP contribution is -2.23. The van der Waals surface area contributed by atoms with Crippen LogP contribution in [0.3, 0.4) is 0 Å². The largest absolute Gasteiger partial charge is 0.348 e. The fourth-order valence-corrected chi connectivity index (χ4v) is 2.69. The van der Waals surface area contributed by atoms with E-state index >= 15 is 0 Å². The molecule has 1 amide bonds. The van der Waals surface area contributed by atoms with Crippen LogP contribution in [0.2, 0.25) is 0 Å². The van der Waals surface area contributed by atoms with Crippen LogP contribution in [-0.4, -0.2) is 15.9 Å². The third-order valence-electron chi connectivity index (χ3n) is 3.32. The molecule has 0 spiro atoms. The SMILES string of the molecule is O=C(NCc1cc(F)cc(Br)c1)c1cnc(-c2ccccc2)nc1. The van der Waals surface area contributed by atoms with Gasteiger partial charge in [0.25, 0.3) is 5.91 Å². The first-order chi connectivity index (χ1) is 11.6. The molecule has 3 rings (SSSR count). The molecule has 2 aromatic carbocycles. The third-order valence-corrected chi connectivity index (χ3v) is 3.78. The summed E-state index contributed by atoms with van der Waals surface area (Å²) < 4.78 is 13.9. The number of amides is 1. The van der Waals surface area contributed by atoms with Crippen LogP contribution in [0.1, 0.15) is 15.9 Å². The normalized spacial score (nSPS) is 10.4. The number of halogens is 2. The van der Waals surface area contributed by atoms with E-state index in [9.17, 15) is 9.18 Å². The summed E-state index contributed by atoms with van der Waals surface area (Å²) in [7, 11) is 0. The maximum absolute atomic E-state index is 13.3. The number of hydrogen-bond donors (Lipinski definition) is 1. The van der Waals surface area contributed by atoms with Crippen molar-refractivity contribution in [2.45, 2.75) is 6.54 Å². The van der Waals surface area contributed by atoms with Crippen LogP contribution in [0, 0.1) is 5.82 Å². The van der Waals surface area contributed by atoms with Gasteiger partial charge < -0.3 is 5.32 Å². The average Bonchev–Trinajstić information content (AvgIpc) is 2.60. The Bertz CT molecular complexity index is 834. The molecule has 6 heteroatoms. The molecule has 24 heavy (non-hydrogen) atoms. The first-order valence-electron chi connectivity index (χ1n) is 7.22. The number of benzene rings is 2. The monoisotopic (exact) mass is 385 g/mol. The highest BCUT2D eigenvalue weighted by atomic mass is 79.9. The number of nitrogens with one attached hydrogen (secondary N) is 1. The summed E-state index contributed by atoms with van der Waals surface area (Å²) in [5, 5.41) is 2.72. The molecule has 0 saturated heterocycles. The van der Waals surface area contributed by atoms with E-state index in [4.69, 9.17) is 0 Å². The minimum absolute atomic E-state index is 0.218. The molecule has 0 aliphatic rings. The Hall–Kier alpha value is -2.60. The number of carbonyl (C=O) groups is 1. The molecule has 0 saturated carbocycles. The highest BCUT2D eigenvalue weighted by molar-refractivity contribution is 9.10. The number of carbonyl (C=O) groups excluding carboxylic acids is 1. The van der Waals surface area contributed by atoms with Crippen LogP contribution in [0.5, 0.6) is 0 Å². The molecular formula is C18H13BrFN3O. The van der Waals surface area contributed by atoms with Gasteiger partial charge in [-0.3, -0.25) is 4.79 Å². The van der Waals surface area contributed by atoms with Crippen LogP contribution in [0.15, 0.2) is 65.4 Å². The van der Waals surface area contributed by atoms with Crippen molar-refractivity contribution in [3.63, 3.8) is 0 Å². The van der Waals surface area contributed by atoms with E-state index in [0.29, 0.717) is 21.4 Å². The maximum Gasteiger partial charge on any atom is 0.254 e. The summed E-state index contributed by atoms with van der Waals surface area (Å²) in [4.78, 5) is 20.6. The molecule has 1 N–H and O–H groups in total. The van der Waals surface area contributed by atoms with Crippen LogP contribution in [0.4, 0.5) is 4.39 Å². The van der Waals surface area contributed by atoms with Crippen molar-refractivity contribution in [2.75, 3.05) is 0 Å². The minimum Gasteiger partial charge on any atom is -0.348 e. The summed E-state index contributed by atoms with van der Waals surface area (Å²) in [6, 6.07) is 14.0. The quantitative estimate of drug-likeness (QED) is 0.738. The zero-order valence-corrected chi connectivity index (χ0v) is 14.1. The van der Waals surface area contributed by atoms with Crippen molar-refractivity contribution in [2.24, 2.45) is 0 Å². The van der Waals surface area contributed by atoms with Crippen molar-refractivity contribution < 1.29 is 9.18 Å². The standard InChI is InChI=1S/C18H13BrFN3O/c19-15-6-12(7-16(20)8-15)9-23-18(24)14-10-21-17(22-11-14)13-4-2-1-3-5-13/h1-8,10-11H,9H2,(H,23,24). The van der Waals surface area contributed by atoms with Crippen LogP contribution in [-0.2, 0) is 6.54 Å². The average molecular weight is 386 g/mol. The molecular weight excluding hydrogens is 373 g/mol. The fraction of sp³-hybridized carbons (Fsp3) is 0.0556. The van der Waals surface area contributed by atoms with Gasteiger partial charge in [0.1, 0.15) is 5.82 Å². The van der Waals surface area contributed by atoms with Gasteiger partial charge in [-0.05, 0) is 23.8 Å². The first kappa shape index (κ1) is 16.3. The second-order valence-corrected chi connectivity index (χ2v) is 6.04. The molecule has 4 nitrogen and oxygen atoms in total. The number of hydrogen-bond acceptors (Lipinski definition) is 3. The van der Waals surface area contributed by atoms with Gasteiger partial charge in [0.15, 0.2) is 5.82 Å². The number of aromatic nitrogens is 2. The predicted octanol–water partition coefficient (Wildman–Crippen LogP) is 3.98. The highest BCUT2D eigenvalue weighted by Gasteiger charge is 2.08. The number of rotatable bonds is 4. The van der Waals surface area contributed by atoms with Gasteiger partial charge in [-0.1, -0.05) is 46.3 Å². The van der Waals surface area contributed by atoms with Crippen LogP contribution < -0.4 is 5.32 Å². The molecule has 120 valence electrons. The summed E-state index contributed by atoms with van der Waals surface area (Å²) in [6.45, 7) is 0.218. The Morgan fingerprint density at radius 1 is 1.08 bits per heavy atom. The molecule has 1 aromatic heterocycles. The second-order valence-electron chi connectivity index (χ2n) is 5.12. The molecule has 0 unspecified atom stereocenters. The summed E-state index contributed by atoms with van der Waals surface area (Å²) >= 11 is 3.22. The van der Waals surface area contributed by atoms with Crippen molar-refractivity contribution in [3.05, 3.63) is 82.3 Å². The van der Waals surface area contributed by atoms with E-state index in [1.54, 1.807) is 6.07 Å². The molecule has 3 aromatic rings. The Morgan fingerprint density at radius 3 is 2.46 bits per heavy atom. The molecule has 0 bridgehead atoms. The molecule has 0 fully saturated rings.